The van der Waals surface area contributed by atoms with Crippen molar-refractivity contribution in [2.24, 2.45) is 0 Å². The van der Waals surface area contributed by atoms with Crippen LogP contribution >= 0.6 is 0 Å². The van der Waals surface area contributed by atoms with Gasteiger partial charge in [-0.05, 0) is 60.1 Å². The lowest BCUT2D eigenvalue weighted by Gasteiger charge is -2.33. The first-order chi connectivity index (χ1) is 14.2. The molecule has 1 aliphatic heterocycles. The van der Waals surface area contributed by atoms with Gasteiger partial charge in [-0.2, -0.15) is 10.0 Å². The van der Waals surface area contributed by atoms with Crippen molar-refractivity contribution in [1.29, 1.82) is 0 Å². The van der Waals surface area contributed by atoms with E-state index in [0.717, 1.165) is 21.1 Å². The molecule has 1 aromatic carbocycles. The van der Waals surface area contributed by atoms with Crippen LogP contribution in [0, 0.1) is 6.92 Å². The van der Waals surface area contributed by atoms with Crippen LogP contribution in [0.2, 0.25) is 0 Å². The number of methoxy groups -OCH3 is 1. The van der Waals surface area contributed by atoms with Crippen molar-refractivity contribution in [3.8, 4) is 0 Å². The number of esters is 1. The van der Waals surface area contributed by atoms with Gasteiger partial charge in [0.15, 0.2) is 6.04 Å². The van der Waals surface area contributed by atoms with Gasteiger partial charge >= 0.3 is 18.2 Å². The topological polar surface area (TPSA) is 85.4 Å². The summed E-state index contributed by atoms with van der Waals surface area (Å²) < 4.78 is 15.9. The molecule has 0 bridgehead atoms. The third-order valence-corrected chi connectivity index (χ3v) is 4.22. The average Bonchev–Trinajstić information content (AvgIpc) is 2.99. The Morgan fingerprint density at radius 3 is 1.94 bits per heavy atom. The molecule has 0 aliphatic carbocycles. The maximum atomic E-state index is 13.1. The summed E-state index contributed by atoms with van der Waals surface area (Å²) in [7, 11) is 1.23. The lowest BCUT2D eigenvalue weighted by molar-refractivity contribution is -0.149. The summed E-state index contributed by atoms with van der Waals surface area (Å²) in [6.45, 7) is 12.2. The van der Waals surface area contributed by atoms with E-state index < -0.39 is 35.4 Å². The maximum absolute atomic E-state index is 13.1. The Morgan fingerprint density at radius 2 is 1.45 bits per heavy atom. The Morgan fingerprint density at radius 1 is 0.935 bits per heavy atom. The fourth-order valence-electron chi connectivity index (χ4n) is 2.97. The molecule has 1 aromatic rings. The second-order valence-corrected chi connectivity index (χ2v) is 9.41. The molecule has 2 amide bonds. The number of hydrazine groups is 1. The van der Waals surface area contributed by atoms with Gasteiger partial charge in [-0.3, -0.25) is 0 Å². The third-order valence-electron chi connectivity index (χ3n) is 4.22. The number of hydrogen-bond donors (Lipinski definition) is 0. The lowest BCUT2D eigenvalue weighted by Crippen LogP contribution is -2.53. The van der Waals surface area contributed by atoms with Crippen molar-refractivity contribution < 1.29 is 28.6 Å². The summed E-state index contributed by atoms with van der Waals surface area (Å²) in [5.74, 6) is -0.660. The molecule has 0 spiro atoms. The molecule has 0 unspecified atom stereocenters. The minimum absolute atomic E-state index is 0.0685. The van der Waals surface area contributed by atoms with Crippen molar-refractivity contribution in [3.63, 3.8) is 0 Å². The van der Waals surface area contributed by atoms with E-state index in [2.05, 4.69) is 0 Å². The Hall–Kier alpha value is -3.03. The molecule has 170 valence electrons. The zero-order valence-electron chi connectivity index (χ0n) is 19.5. The Bertz CT molecular complexity index is 862. The van der Waals surface area contributed by atoms with Crippen LogP contribution in [-0.4, -0.2) is 52.5 Å². The smallest absolute Gasteiger partial charge is 0.434 e. The second kappa shape index (κ2) is 8.99. The van der Waals surface area contributed by atoms with Crippen molar-refractivity contribution in [1.82, 2.24) is 10.0 Å². The first kappa shape index (κ1) is 24.2. The largest absolute Gasteiger partial charge is 0.467 e. The average molecular weight is 433 g/mol. The van der Waals surface area contributed by atoms with E-state index in [-0.39, 0.29) is 6.42 Å². The van der Waals surface area contributed by atoms with Gasteiger partial charge in [-0.25, -0.2) is 14.4 Å². The summed E-state index contributed by atoms with van der Waals surface area (Å²) in [6, 6.07) is 6.58. The van der Waals surface area contributed by atoms with E-state index >= 15 is 0 Å². The highest BCUT2D eigenvalue weighted by atomic mass is 16.6. The third kappa shape index (κ3) is 6.47. The molecule has 1 aliphatic rings. The van der Waals surface area contributed by atoms with Crippen molar-refractivity contribution >= 4 is 24.2 Å². The van der Waals surface area contributed by atoms with Crippen molar-refractivity contribution in [2.45, 2.75) is 72.1 Å². The predicted octanol–water partition coefficient (Wildman–Crippen LogP) is 4.67. The van der Waals surface area contributed by atoms with Crippen LogP contribution in [0.3, 0.4) is 0 Å². The predicted molar refractivity (Wildman–Crippen MR) is 116 cm³/mol. The molecule has 8 heteroatoms. The zero-order chi connectivity index (χ0) is 23.6. The number of nitrogens with zero attached hydrogens (tertiary/aromatic N) is 2. The normalized spacial score (nSPS) is 18.2. The Balaban J connectivity index is 2.56. The quantitative estimate of drug-likeness (QED) is 0.499. The van der Waals surface area contributed by atoms with E-state index in [1.54, 1.807) is 47.6 Å². The number of aryl methyl sites for hydroxylation is 1. The van der Waals surface area contributed by atoms with Crippen LogP contribution in [0.5, 0.6) is 0 Å². The highest BCUT2D eigenvalue weighted by molar-refractivity contribution is 5.87. The van der Waals surface area contributed by atoms with Crippen LogP contribution in [0.15, 0.2) is 30.0 Å². The minimum atomic E-state index is -1.07. The van der Waals surface area contributed by atoms with Gasteiger partial charge < -0.3 is 14.2 Å². The monoisotopic (exact) mass is 432 g/mol. The molecule has 31 heavy (non-hydrogen) atoms. The fraction of sp³-hybridized carbons (Fsp3) is 0.522. The molecule has 8 nitrogen and oxygen atoms in total. The van der Waals surface area contributed by atoms with E-state index in [1.807, 2.05) is 31.2 Å². The highest BCUT2D eigenvalue weighted by Gasteiger charge is 2.49. The summed E-state index contributed by atoms with van der Waals surface area (Å²) in [5.41, 5.74) is 0.666. The number of hydrogen-bond acceptors (Lipinski definition) is 6. The van der Waals surface area contributed by atoms with Gasteiger partial charge in [0.05, 0.1) is 12.8 Å². The number of carbonyl (C=O) groups is 3. The van der Waals surface area contributed by atoms with E-state index in [1.165, 1.54) is 7.11 Å². The van der Waals surface area contributed by atoms with Gasteiger partial charge in [0.25, 0.3) is 0 Å². The van der Waals surface area contributed by atoms with Gasteiger partial charge in [0.2, 0.25) is 0 Å². The second-order valence-electron chi connectivity index (χ2n) is 9.41. The van der Waals surface area contributed by atoms with Gasteiger partial charge in [0, 0.05) is 6.42 Å². The molecule has 1 atom stereocenters. The zero-order valence-corrected chi connectivity index (χ0v) is 19.5. The summed E-state index contributed by atoms with van der Waals surface area (Å²) >= 11 is 0. The van der Waals surface area contributed by atoms with E-state index in [9.17, 15) is 14.4 Å². The van der Waals surface area contributed by atoms with Crippen LogP contribution in [0.25, 0.3) is 6.08 Å². The Labute approximate surface area is 183 Å². The molecule has 1 heterocycles. The fourth-order valence-corrected chi connectivity index (χ4v) is 2.97. The lowest BCUT2D eigenvalue weighted by atomic mass is 10.1. The molecular formula is C23H32N2O6. The molecule has 0 aromatic heterocycles. The van der Waals surface area contributed by atoms with Crippen molar-refractivity contribution in [3.05, 3.63) is 41.1 Å². The van der Waals surface area contributed by atoms with Gasteiger partial charge in [-0.15, -0.1) is 0 Å². The van der Waals surface area contributed by atoms with Gasteiger partial charge in [-0.1, -0.05) is 29.8 Å². The first-order valence-electron chi connectivity index (χ1n) is 10.1. The molecule has 2 rings (SSSR count). The highest BCUT2D eigenvalue weighted by Crippen LogP contribution is 2.33. The summed E-state index contributed by atoms with van der Waals surface area (Å²) in [4.78, 5) is 38.7. The molecule has 0 saturated carbocycles. The number of carbonyl (C=O) groups excluding carboxylic acids is 3. The summed E-state index contributed by atoms with van der Waals surface area (Å²) in [6.07, 6.45) is 0.173. The number of benzene rings is 1. The molecule has 0 N–H and O–H groups in total. The van der Waals surface area contributed by atoms with Crippen LogP contribution in [0.4, 0.5) is 9.59 Å². The summed E-state index contributed by atoms with van der Waals surface area (Å²) in [5, 5.41) is 2.05. The van der Waals surface area contributed by atoms with Crippen LogP contribution < -0.4 is 0 Å². The van der Waals surface area contributed by atoms with E-state index in [0.29, 0.717) is 5.70 Å². The molecule has 0 radical (unpaired) electrons. The van der Waals surface area contributed by atoms with E-state index in [4.69, 9.17) is 14.2 Å². The molecule has 1 fully saturated rings. The van der Waals surface area contributed by atoms with Crippen LogP contribution in [-0.2, 0) is 19.0 Å². The number of amides is 2. The molecular weight excluding hydrogens is 400 g/mol. The number of rotatable bonds is 2. The van der Waals surface area contributed by atoms with Gasteiger partial charge in [0.1, 0.15) is 11.2 Å². The van der Waals surface area contributed by atoms with Crippen LogP contribution in [0.1, 0.15) is 59.1 Å². The SMILES string of the molecule is COC(=O)[C@H]1C/C(=C/c2ccc(C)cc2)N(C(=O)OC(C)(C)C)N1C(=O)OC(C)(C)C. The maximum Gasteiger partial charge on any atom is 0.434 e. The number of ether oxygens (including phenoxy) is 3. The minimum Gasteiger partial charge on any atom is -0.467 e. The standard InChI is InChI=1S/C23H32N2O6/c1-15-9-11-16(12-10-15)13-17-14-18(19(26)29-8)25(21(28)31-23(5,6)7)24(17)20(27)30-22(2,3)4/h9-13,18H,14H2,1-8H3/b17-13-/t18-/m1/s1. The van der Waals surface area contributed by atoms with Crippen molar-refractivity contribution in [2.75, 3.05) is 7.11 Å². The first-order valence-corrected chi connectivity index (χ1v) is 10.1. The Kier molecular flexibility index (Phi) is 7.03. The molecule has 1 saturated heterocycles.